The Labute approximate surface area is 283 Å². The van der Waals surface area contributed by atoms with Crippen molar-refractivity contribution in [3.63, 3.8) is 0 Å². The number of anilines is 1. The molecule has 0 spiro atoms. The zero-order valence-corrected chi connectivity index (χ0v) is 30.1. The minimum absolute atomic E-state index is 0.0752. The van der Waals surface area contributed by atoms with E-state index in [0.717, 1.165) is 48.4 Å². The number of nitrogens with one attached hydrogen (secondary N) is 1. The van der Waals surface area contributed by atoms with E-state index in [1.165, 1.54) is 67.1 Å². The van der Waals surface area contributed by atoms with Crippen molar-refractivity contribution in [1.82, 2.24) is 4.90 Å². The predicted octanol–water partition coefficient (Wildman–Crippen LogP) is 11.7. The normalized spacial score (nSPS) is 17.5. The third kappa shape index (κ3) is 9.63. The molecule has 3 aromatic rings. The van der Waals surface area contributed by atoms with E-state index in [0.29, 0.717) is 29.9 Å². The van der Waals surface area contributed by atoms with Crippen LogP contribution < -0.4 is 5.32 Å². The molecule has 1 aliphatic heterocycles. The highest BCUT2D eigenvalue weighted by atomic mass is 19.1. The van der Waals surface area contributed by atoms with E-state index in [2.05, 4.69) is 102 Å². The molecule has 1 fully saturated rings. The maximum absolute atomic E-state index is 14.6. The molecule has 4 atom stereocenters. The van der Waals surface area contributed by atoms with Gasteiger partial charge >= 0.3 is 0 Å². The molecule has 0 radical (unpaired) electrons. The van der Waals surface area contributed by atoms with Gasteiger partial charge in [-0.25, -0.2) is 8.78 Å². The summed E-state index contributed by atoms with van der Waals surface area (Å²) in [6, 6.07) is 16.7. The fourth-order valence-electron chi connectivity index (χ4n) is 6.92. The monoisotopic (exact) mass is 641 g/mol. The molecular formula is C42H57F2N3. The molecule has 3 aromatic carbocycles. The molecule has 47 heavy (non-hydrogen) atoms. The van der Waals surface area contributed by atoms with Crippen LogP contribution in [-0.2, 0) is 6.42 Å². The Kier molecular flexibility index (Phi) is 13.0. The molecule has 1 aliphatic rings. The average molecular weight is 642 g/mol. The van der Waals surface area contributed by atoms with Crippen molar-refractivity contribution in [2.45, 2.75) is 118 Å². The minimum Gasteiger partial charge on any atom is -0.359 e. The smallest absolute Gasteiger partial charge is 0.129 e. The summed E-state index contributed by atoms with van der Waals surface area (Å²) in [7, 11) is 2.19. The lowest BCUT2D eigenvalue weighted by Crippen LogP contribution is -2.31. The van der Waals surface area contributed by atoms with Crippen LogP contribution >= 0.6 is 0 Å². The number of hydrogen-bond donors (Lipinski definition) is 1. The van der Waals surface area contributed by atoms with E-state index in [1.807, 2.05) is 0 Å². The second-order valence-electron chi connectivity index (χ2n) is 14.3. The van der Waals surface area contributed by atoms with Crippen LogP contribution in [0.4, 0.5) is 20.2 Å². The number of allylic oxidation sites excluding steroid dienone is 1. The predicted molar refractivity (Wildman–Crippen MR) is 197 cm³/mol. The molecule has 254 valence electrons. The van der Waals surface area contributed by atoms with Crippen molar-refractivity contribution in [3.05, 3.63) is 106 Å². The Hall–Kier alpha value is -3.31. The molecule has 3 nitrogen and oxygen atoms in total. The number of likely N-dealkylation sites (tertiary alicyclic amines) is 1. The van der Waals surface area contributed by atoms with Gasteiger partial charge in [0.15, 0.2) is 0 Å². The average Bonchev–Trinajstić information content (AvgIpc) is 3.48. The van der Waals surface area contributed by atoms with Gasteiger partial charge < -0.3 is 5.32 Å². The van der Waals surface area contributed by atoms with Crippen LogP contribution in [0.5, 0.6) is 0 Å². The van der Waals surface area contributed by atoms with Crippen LogP contribution in [0.2, 0.25) is 0 Å². The van der Waals surface area contributed by atoms with E-state index < -0.39 is 11.6 Å². The Bertz CT molecular complexity index is 1530. The topological polar surface area (TPSA) is 27.6 Å². The number of nitrogens with zero attached hydrogens (tertiary/aromatic N) is 2. The number of benzene rings is 3. The molecule has 1 heterocycles. The highest BCUT2D eigenvalue weighted by Gasteiger charge is 2.24. The summed E-state index contributed by atoms with van der Waals surface area (Å²) >= 11 is 0. The van der Waals surface area contributed by atoms with Crippen molar-refractivity contribution in [2.24, 2.45) is 10.9 Å². The molecule has 2 unspecified atom stereocenters. The Morgan fingerprint density at radius 1 is 0.957 bits per heavy atom. The maximum Gasteiger partial charge on any atom is 0.129 e. The summed E-state index contributed by atoms with van der Waals surface area (Å²) in [6.45, 7) is 20.1. The van der Waals surface area contributed by atoms with Gasteiger partial charge in [-0.3, -0.25) is 9.89 Å². The van der Waals surface area contributed by atoms with Crippen LogP contribution in [0.1, 0.15) is 118 Å². The molecule has 1 saturated heterocycles. The second-order valence-corrected chi connectivity index (χ2v) is 14.3. The number of unbranched alkanes of at least 4 members (excludes halogenated alkanes) is 1. The van der Waals surface area contributed by atoms with Crippen molar-refractivity contribution in [1.29, 1.82) is 0 Å². The molecular weight excluding hydrogens is 584 g/mol. The number of hydrogen-bond acceptors (Lipinski definition) is 3. The summed E-state index contributed by atoms with van der Waals surface area (Å²) in [4.78, 5) is 7.52. The molecule has 1 N–H and O–H groups in total. The highest BCUT2D eigenvalue weighted by molar-refractivity contribution is 5.90. The van der Waals surface area contributed by atoms with Gasteiger partial charge in [-0.15, -0.1) is 0 Å². The molecule has 0 aromatic heterocycles. The van der Waals surface area contributed by atoms with Gasteiger partial charge in [0.25, 0.3) is 0 Å². The van der Waals surface area contributed by atoms with Gasteiger partial charge in [0.2, 0.25) is 0 Å². The SMILES string of the molecule is C=C(Nc1ccc(C(CC[C@@H](C)c2ccc(C)c(N=C(C)C3CCCN3C)c2)Cc2cc(F)c(C)c(F)c2)cc1C)[C@@H](C)CCCC. The van der Waals surface area contributed by atoms with Gasteiger partial charge in [-0.2, -0.15) is 0 Å². The number of rotatable bonds is 15. The van der Waals surface area contributed by atoms with E-state index in [1.54, 1.807) is 0 Å². The second kappa shape index (κ2) is 16.7. The van der Waals surface area contributed by atoms with Crippen molar-refractivity contribution in [2.75, 3.05) is 18.9 Å². The van der Waals surface area contributed by atoms with Gasteiger partial charge in [0.05, 0.1) is 5.69 Å². The Morgan fingerprint density at radius 3 is 2.30 bits per heavy atom. The minimum atomic E-state index is -0.481. The first-order valence-corrected chi connectivity index (χ1v) is 17.7. The van der Waals surface area contributed by atoms with Gasteiger partial charge in [-0.05, 0) is 150 Å². The molecule has 0 aliphatic carbocycles. The molecule has 0 saturated carbocycles. The van der Waals surface area contributed by atoms with Crippen molar-refractivity contribution >= 4 is 17.1 Å². The first-order chi connectivity index (χ1) is 22.4. The largest absolute Gasteiger partial charge is 0.359 e. The van der Waals surface area contributed by atoms with E-state index in [9.17, 15) is 8.78 Å². The van der Waals surface area contributed by atoms with Crippen molar-refractivity contribution < 1.29 is 8.78 Å². The number of halogens is 2. The van der Waals surface area contributed by atoms with Crippen molar-refractivity contribution in [3.8, 4) is 0 Å². The number of aryl methyl sites for hydroxylation is 2. The fraction of sp³-hybridized carbons (Fsp3) is 0.500. The lowest BCUT2D eigenvalue weighted by atomic mass is 9.83. The van der Waals surface area contributed by atoms with Gasteiger partial charge in [0.1, 0.15) is 11.6 Å². The first-order valence-electron chi connectivity index (χ1n) is 17.7. The summed E-state index contributed by atoms with van der Waals surface area (Å²) < 4.78 is 29.2. The van der Waals surface area contributed by atoms with Crippen LogP contribution in [0.15, 0.2) is 65.8 Å². The molecule has 4 rings (SSSR count). The summed E-state index contributed by atoms with van der Waals surface area (Å²) in [5.74, 6) is -0.143. The Balaban J connectivity index is 1.55. The quantitative estimate of drug-likeness (QED) is 0.167. The van der Waals surface area contributed by atoms with Crippen LogP contribution in [0.25, 0.3) is 0 Å². The highest BCUT2D eigenvalue weighted by Crippen LogP contribution is 2.35. The lowest BCUT2D eigenvalue weighted by molar-refractivity contribution is 0.372. The van der Waals surface area contributed by atoms with Gasteiger partial charge in [0, 0.05) is 28.7 Å². The lowest BCUT2D eigenvalue weighted by Gasteiger charge is -2.23. The van der Waals surface area contributed by atoms with Crippen LogP contribution in [0, 0.1) is 38.3 Å². The third-order valence-corrected chi connectivity index (χ3v) is 10.5. The summed E-state index contributed by atoms with van der Waals surface area (Å²) in [6.07, 6.45) is 8.29. The van der Waals surface area contributed by atoms with E-state index >= 15 is 0 Å². The van der Waals surface area contributed by atoms with E-state index in [-0.39, 0.29) is 11.5 Å². The molecule has 5 heteroatoms. The van der Waals surface area contributed by atoms with E-state index in [4.69, 9.17) is 4.99 Å². The first kappa shape index (κ1) is 36.5. The molecule has 0 amide bonds. The van der Waals surface area contributed by atoms with Gasteiger partial charge in [-0.1, -0.05) is 64.5 Å². The Morgan fingerprint density at radius 2 is 1.66 bits per heavy atom. The number of aliphatic imine (C=N–C) groups is 1. The maximum atomic E-state index is 14.6. The van der Waals surface area contributed by atoms with Crippen LogP contribution in [-0.4, -0.2) is 30.2 Å². The zero-order chi connectivity index (χ0) is 34.2. The summed E-state index contributed by atoms with van der Waals surface area (Å²) in [5.41, 5.74) is 9.92. The zero-order valence-electron chi connectivity index (χ0n) is 30.1. The van der Waals surface area contributed by atoms with Crippen LogP contribution in [0.3, 0.4) is 0 Å². The molecule has 0 bridgehead atoms. The summed E-state index contributed by atoms with van der Waals surface area (Å²) in [5, 5.41) is 3.56. The fourth-order valence-corrected chi connectivity index (χ4v) is 6.92. The third-order valence-electron chi connectivity index (χ3n) is 10.5. The standard InChI is InChI=1S/C42H57F2N3/c1-10-11-13-27(2)32(7)45-40-20-19-36(22-30(40)5)37(23-34-24-38(43)31(6)39(44)25-34)18-15-28(3)35-17-16-29(4)41(26-35)46-33(8)42-14-12-21-47(42)9/h16-17,19-20,22,24-28,37,42,45H,7,10-15,18,21,23H2,1-6,8-9H3/t27-,28+,37?,42?/m0/s1.